The number of hydrogen-bond donors (Lipinski definition) is 1. The second-order valence-corrected chi connectivity index (χ2v) is 6.07. The van der Waals surface area contributed by atoms with Crippen molar-refractivity contribution < 1.29 is 14.6 Å². The Morgan fingerprint density at radius 2 is 1.67 bits per heavy atom. The van der Waals surface area contributed by atoms with Crippen molar-refractivity contribution in [3.63, 3.8) is 0 Å². The van der Waals surface area contributed by atoms with E-state index in [0.717, 1.165) is 18.4 Å². The average molecular weight is 326 g/mol. The number of hydrogen-bond acceptors (Lipinski definition) is 3. The Morgan fingerprint density at radius 1 is 0.958 bits per heavy atom. The van der Waals surface area contributed by atoms with Gasteiger partial charge in [-0.25, -0.2) is 4.79 Å². The highest BCUT2D eigenvalue weighted by molar-refractivity contribution is 5.93. The Morgan fingerprint density at radius 3 is 2.38 bits per heavy atom. The molecule has 0 aliphatic carbocycles. The van der Waals surface area contributed by atoms with Crippen molar-refractivity contribution in [3.05, 3.63) is 59.7 Å². The number of aryl methyl sites for hydroxylation is 1. The first kappa shape index (κ1) is 18.1. The Balaban J connectivity index is 1.86. The third kappa shape index (κ3) is 5.73. The van der Waals surface area contributed by atoms with Gasteiger partial charge in [0.2, 0.25) is 0 Å². The van der Waals surface area contributed by atoms with Crippen LogP contribution in [0.3, 0.4) is 0 Å². The minimum Gasteiger partial charge on any atom is -0.507 e. The Hall–Kier alpha value is -2.29. The van der Waals surface area contributed by atoms with Crippen molar-refractivity contribution in [3.8, 4) is 11.5 Å². The van der Waals surface area contributed by atoms with Gasteiger partial charge >= 0.3 is 5.97 Å². The fourth-order valence-corrected chi connectivity index (χ4v) is 2.67. The van der Waals surface area contributed by atoms with Crippen LogP contribution >= 0.6 is 0 Å². The van der Waals surface area contributed by atoms with Crippen molar-refractivity contribution in [2.75, 3.05) is 0 Å². The third-order valence-electron chi connectivity index (χ3n) is 4.05. The number of ether oxygens (including phenoxy) is 1. The highest BCUT2D eigenvalue weighted by atomic mass is 16.5. The van der Waals surface area contributed by atoms with Crippen LogP contribution in [0.5, 0.6) is 11.5 Å². The molecule has 0 radical (unpaired) electrons. The summed E-state index contributed by atoms with van der Waals surface area (Å²) in [4.78, 5) is 12.1. The maximum absolute atomic E-state index is 12.1. The van der Waals surface area contributed by atoms with Crippen molar-refractivity contribution in [2.24, 2.45) is 0 Å². The minimum atomic E-state index is -0.537. The molecule has 2 aromatic carbocycles. The molecule has 0 heterocycles. The fourth-order valence-electron chi connectivity index (χ4n) is 2.67. The summed E-state index contributed by atoms with van der Waals surface area (Å²) in [7, 11) is 0. The number of aromatic hydroxyl groups is 1. The van der Waals surface area contributed by atoms with Crippen LogP contribution in [-0.4, -0.2) is 11.1 Å². The molecular formula is C21H26O3. The molecule has 3 nitrogen and oxygen atoms in total. The first-order valence-electron chi connectivity index (χ1n) is 8.80. The standard InChI is InChI=1S/C21H26O3/c1-2-3-4-5-6-8-11-17-14-15-19(20(22)16-17)21(23)24-18-12-9-7-10-13-18/h7,9-10,12-16,22H,2-6,8,11H2,1H3. The molecule has 1 N–H and O–H groups in total. The molecule has 0 unspecified atom stereocenters. The number of carbonyl (C=O) groups is 1. The van der Waals surface area contributed by atoms with Crippen molar-refractivity contribution >= 4 is 5.97 Å². The van der Waals surface area contributed by atoms with E-state index in [9.17, 15) is 9.90 Å². The quantitative estimate of drug-likeness (QED) is 0.375. The molecule has 0 amide bonds. The number of benzene rings is 2. The van der Waals surface area contributed by atoms with E-state index in [2.05, 4.69) is 6.92 Å². The van der Waals surface area contributed by atoms with Gasteiger partial charge in [-0.2, -0.15) is 0 Å². The number of unbranched alkanes of at least 4 members (excludes halogenated alkanes) is 5. The second kappa shape index (κ2) is 9.76. The Bertz CT molecular complexity index is 635. The maximum atomic E-state index is 12.1. The van der Waals surface area contributed by atoms with Gasteiger partial charge in [-0.1, -0.05) is 63.3 Å². The number of para-hydroxylation sites is 1. The Labute approximate surface area is 144 Å². The lowest BCUT2D eigenvalue weighted by Crippen LogP contribution is -2.08. The van der Waals surface area contributed by atoms with Crippen LogP contribution in [-0.2, 0) is 6.42 Å². The summed E-state index contributed by atoms with van der Waals surface area (Å²) in [5, 5.41) is 10.1. The van der Waals surface area contributed by atoms with Gasteiger partial charge in [0.25, 0.3) is 0 Å². The zero-order chi connectivity index (χ0) is 17.2. The van der Waals surface area contributed by atoms with E-state index < -0.39 is 5.97 Å². The smallest absolute Gasteiger partial charge is 0.347 e. The molecule has 24 heavy (non-hydrogen) atoms. The normalized spacial score (nSPS) is 10.5. The van der Waals surface area contributed by atoms with Gasteiger partial charge < -0.3 is 9.84 Å². The summed E-state index contributed by atoms with van der Waals surface area (Å²) in [5.41, 5.74) is 1.25. The van der Waals surface area contributed by atoms with Gasteiger partial charge in [0.15, 0.2) is 0 Å². The summed E-state index contributed by atoms with van der Waals surface area (Å²) in [6.45, 7) is 2.22. The summed E-state index contributed by atoms with van der Waals surface area (Å²) in [6, 6.07) is 14.1. The topological polar surface area (TPSA) is 46.5 Å². The van der Waals surface area contributed by atoms with Gasteiger partial charge in [-0.3, -0.25) is 0 Å². The third-order valence-corrected chi connectivity index (χ3v) is 4.05. The maximum Gasteiger partial charge on any atom is 0.347 e. The molecule has 2 rings (SSSR count). The number of phenols is 1. The van der Waals surface area contributed by atoms with E-state index in [1.165, 1.54) is 32.1 Å². The summed E-state index contributed by atoms with van der Waals surface area (Å²) >= 11 is 0. The van der Waals surface area contributed by atoms with Gasteiger partial charge in [-0.05, 0) is 42.7 Å². The lowest BCUT2D eigenvalue weighted by Gasteiger charge is -2.08. The number of esters is 1. The zero-order valence-electron chi connectivity index (χ0n) is 14.3. The summed E-state index contributed by atoms with van der Waals surface area (Å²) < 4.78 is 5.26. The van der Waals surface area contributed by atoms with E-state index in [1.807, 2.05) is 12.1 Å². The first-order chi connectivity index (χ1) is 11.7. The molecule has 2 aromatic rings. The van der Waals surface area contributed by atoms with Crippen molar-refractivity contribution in [1.82, 2.24) is 0 Å². The summed E-state index contributed by atoms with van der Waals surface area (Å²) in [5.74, 6) is -0.0812. The molecule has 0 bridgehead atoms. The molecule has 128 valence electrons. The van der Waals surface area contributed by atoms with E-state index in [-0.39, 0.29) is 11.3 Å². The highest BCUT2D eigenvalue weighted by Gasteiger charge is 2.14. The van der Waals surface area contributed by atoms with Gasteiger partial charge in [-0.15, -0.1) is 0 Å². The molecule has 0 aromatic heterocycles. The highest BCUT2D eigenvalue weighted by Crippen LogP contribution is 2.22. The molecule has 0 aliphatic heterocycles. The summed E-state index contributed by atoms with van der Waals surface area (Å²) in [6.07, 6.45) is 8.37. The molecule has 0 saturated heterocycles. The fraction of sp³-hybridized carbons (Fsp3) is 0.381. The second-order valence-electron chi connectivity index (χ2n) is 6.07. The number of carbonyl (C=O) groups excluding carboxylic acids is 1. The van der Waals surface area contributed by atoms with Crippen LogP contribution in [0.15, 0.2) is 48.5 Å². The van der Waals surface area contributed by atoms with Crippen LogP contribution in [0.4, 0.5) is 0 Å². The van der Waals surface area contributed by atoms with Crippen LogP contribution in [0.2, 0.25) is 0 Å². The molecule has 0 saturated carbocycles. The van der Waals surface area contributed by atoms with E-state index in [4.69, 9.17) is 4.74 Å². The molecule has 0 spiro atoms. The SMILES string of the molecule is CCCCCCCCc1ccc(C(=O)Oc2ccccc2)c(O)c1. The van der Waals surface area contributed by atoms with Gasteiger partial charge in [0.1, 0.15) is 17.1 Å². The van der Waals surface area contributed by atoms with E-state index in [0.29, 0.717) is 5.75 Å². The van der Waals surface area contributed by atoms with E-state index >= 15 is 0 Å². The molecule has 3 heteroatoms. The average Bonchev–Trinajstić information content (AvgIpc) is 2.59. The first-order valence-corrected chi connectivity index (χ1v) is 8.80. The number of rotatable bonds is 9. The van der Waals surface area contributed by atoms with Crippen LogP contribution < -0.4 is 4.74 Å². The van der Waals surface area contributed by atoms with Crippen molar-refractivity contribution in [1.29, 1.82) is 0 Å². The largest absolute Gasteiger partial charge is 0.507 e. The predicted octanol–water partition coefficient (Wildman–Crippen LogP) is 5.51. The molecule has 0 aliphatic rings. The predicted molar refractivity (Wildman–Crippen MR) is 96.6 cm³/mol. The minimum absolute atomic E-state index is 0.0144. The number of phenolic OH excluding ortho intramolecular Hbond substituents is 1. The van der Waals surface area contributed by atoms with Crippen LogP contribution in [0.1, 0.15) is 61.4 Å². The molecule has 0 atom stereocenters. The molecule has 0 fully saturated rings. The van der Waals surface area contributed by atoms with Gasteiger partial charge in [0, 0.05) is 0 Å². The van der Waals surface area contributed by atoms with Crippen LogP contribution in [0, 0.1) is 0 Å². The lowest BCUT2D eigenvalue weighted by molar-refractivity contribution is 0.0731. The van der Waals surface area contributed by atoms with Gasteiger partial charge in [0.05, 0.1) is 0 Å². The van der Waals surface area contributed by atoms with Crippen molar-refractivity contribution in [2.45, 2.75) is 51.9 Å². The monoisotopic (exact) mass is 326 g/mol. The lowest BCUT2D eigenvalue weighted by atomic mass is 10.0. The van der Waals surface area contributed by atoms with E-state index in [1.54, 1.807) is 36.4 Å². The zero-order valence-corrected chi connectivity index (χ0v) is 14.3. The molecular weight excluding hydrogens is 300 g/mol. The van der Waals surface area contributed by atoms with Crippen LogP contribution in [0.25, 0.3) is 0 Å². The Kier molecular flexibility index (Phi) is 7.34.